The first-order valence-electron chi connectivity index (χ1n) is 20.0. The van der Waals surface area contributed by atoms with Gasteiger partial charge in [0.1, 0.15) is 5.82 Å². The number of nitrogens with zero attached hydrogens (tertiary/aromatic N) is 3. The second kappa shape index (κ2) is 13.1. The molecule has 6 aromatic carbocycles. The molecular weight excluding hydrogens is 667 g/mol. The summed E-state index contributed by atoms with van der Waals surface area (Å²) in [4.78, 5) is 7.93. The normalized spacial score (nSPS) is 19.8. The summed E-state index contributed by atoms with van der Waals surface area (Å²) in [6.45, 7) is 9.80. The van der Waals surface area contributed by atoms with Gasteiger partial charge in [-0.05, 0) is 119 Å². The van der Waals surface area contributed by atoms with Gasteiger partial charge in [-0.2, -0.15) is 0 Å². The molecule has 3 nitrogen and oxygen atoms in total. The Hall–Kier alpha value is -5.93. The van der Waals surface area contributed by atoms with Crippen molar-refractivity contribution in [2.75, 3.05) is 4.90 Å². The molecule has 0 bridgehead atoms. The van der Waals surface area contributed by atoms with Crippen molar-refractivity contribution in [2.45, 2.75) is 58.4 Å². The molecule has 0 amide bonds. The highest BCUT2D eigenvalue weighted by Gasteiger charge is 2.43. The topological polar surface area (TPSA) is 21.1 Å². The maximum atomic E-state index is 5.31. The van der Waals surface area contributed by atoms with Crippen molar-refractivity contribution in [1.82, 2.24) is 9.55 Å². The Morgan fingerprint density at radius 2 is 1.35 bits per heavy atom. The van der Waals surface area contributed by atoms with Gasteiger partial charge in [-0.1, -0.05) is 142 Å². The van der Waals surface area contributed by atoms with E-state index < -0.39 is 0 Å². The van der Waals surface area contributed by atoms with E-state index in [1.54, 1.807) is 11.1 Å². The number of hydrogen-bond acceptors (Lipinski definition) is 2. The van der Waals surface area contributed by atoms with Crippen LogP contribution in [0.3, 0.4) is 0 Å². The van der Waals surface area contributed by atoms with Crippen LogP contribution in [0.5, 0.6) is 0 Å². The first-order chi connectivity index (χ1) is 26.9. The van der Waals surface area contributed by atoms with Gasteiger partial charge in [0, 0.05) is 28.1 Å². The second-order valence-corrected chi connectivity index (χ2v) is 16.5. The Morgan fingerprint density at radius 3 is 2.15 bits per heavy atom. The van der Waals surface area contributed by atoms with Crippen molar-refractivity contribution in [2.24, 2.45) is 11.8 Å². The van der Waals surface area contributed by atoms with Gasteiger partial charge in [0.15, 0.2) is 0 Å². The molecule has 0 N–H and O–H groups in total. The number of benzene rings is 6. The average molecular weight is 714 g/mol. The number of aromatic nitrogens is 2. The van der Waals surface area contributed by atoms with Crippen LogP contribution >= 0.6 is 0 Å². The van der Waals surface area contributed by atoms with Crippen molar-refractivity contribution in [3.63, 3.8) is 0 Å². The molecule has 0 saturated carbocycles. The summed E-state index contributed by atoms with van der Waals surface area (Å²) >= 11 is 0. The summed E-state index contributed by atoms with van der Waals surface area (Å²) in [5, 5.41) is 0. The Morgan fingerprint density at radius 1 is 0.673 bits per heavy atom. The maximum absolute atomic E-state index is 5.31. The van der Waals surface area contributed by atoms with E-state index >= 15 is 0 Å². The van der Waals surface area contributed by atoms with Gasteiger partial charge < -0.3 is 4.90 Å². The summed E-state index contributed by atoms with van der Waals surface area (Å²) in [5.41, 5.74) is 18.1. The van der Waals surface area contributed by atoms with Gasteiger partial charge in [0.2, 0.25) is 0 Å². The standard InChI is InChI=1S/C52H47N3/c1-34-31-35(2)50-44-28-27-40(33-45(44)52(3,4)46(50)32-34)54(39-25-23-37(24-26-39)36-15-7-5-8-16-36)48-30-29-43(41-19-11-12-20-42(41)48)51-53-47-21-13-14-22-49(47)55(51)38-17-9-6-10-18-38/h5-29,33-35,48H,30-32H2,1-4H3. The highest BCUT2D eigenvalue weighted by molar-refractivity contribution is 5.89. The number of para-hydroxylation sites is 3. The van der Waals surface area contributed by atoms with E-state index in [1.165, 1.54) is 63.2 Å². The van der Waals surface area contributed by atoms with Crippen molar-refractivity contribution >= 4 is 33.6 Å². The van der Waals surface area contributed by atoms with Crippen LogP contribution in [-0.4, -0.2) is 9.55 Å². The first kappa shape index (κ1) is 33.6. The third-order valence-electron chi connectivity index (χ3n) is 12.7. The molecule has 3 aliphatic rings. The molecule has 0 aliphatic heterocycles. The highest BCUT2D eigenvalue weighted by atomic mass is 15.2. The summed E-state index contributed by atoms with van der Waals surface area (Å²) in [5.74, 6) is 2.29. The summed E-state index contributed by atoms with van der Waals surface area (Å²) in [7, 11) is 0. The lowest BCUT2D eigenvalue weighted by Gasteiger charge is -2.38. The number of allylic oxidation sites excluding steroid dienone is 2. The van der Waals surface area contributed by atoms with Gasteiger partial charge in [-0.3, -0.25) is 4.57 Å². The summed E-state index contributed by atoms with van der Waals surface area (Å²) < 4.78 is 2.33. The Kier molecular flexibility index (Phi) is 8.03. The largest absolute Gasteiger partial charge is 0.334 e. The van der Waals surface area contributed by atoms with E-state index in [4.69, 9.17) is 4.98 Å². The minimum Gasteiger partial charge on any atom is -0.334 e. The fourth-order valence-electron chi connectivity index (χ4n) is 10.1. The predicted octanol–water partition coefficient (Wildman–Crippen LogP) is 13.5. The molecule has 1 heterocycles. The Bertz CT molecular complexity index is 2620. The van der Waals surface area contributed by atoms with E-state index in [2.05, 4.69) is 195 Å². The predicted molar refractivity (Wildman–Crippen MR) is 230 cm³/mol. The summed E-state index contributed by atoms with van der Waals surface area (Å²) in [6.07, 6.45) is 5.74. The molecule has 55 heavy (non-hydrogen) atoms. The van der Waals surface area contributed by atoms with E-state index in [0.29, 0.717) is 5.92 Å². The molecule has 7 aromatic rings. The first-order valence-corrected chi connectivity index (χ1v) is 20.0. The van der Waals surface area contributed by atoms with Crippen LogP contribution in [0.4, 0.5) is 11.4 Å². The van der Waals surface area contributed by atoms with Gasteiger partial charge in [-0.15, -0.1) is 0 Å². The summed E-state index contributed by atoms with van der Waals surface area (Å²) in [6, 6.07) is 55.6. The lowest BCUT2D eigenvalue weighted by molar-refractivity contribution is 0.421. The monoisotopic (exact) mass is 713 g/mol. The van der Waals surface area contributed by atoms with Crippen LogP contribution in [0.2, 0.25) is 0 Å². The van der Waals surface area contributed by atoms with Gasteiger partial charge >= 0.3 is 0 Å². The number of imidazole rings is 1. The van der Waals surface area contributed by atoms with E-state index in [0.717, 1.165) is 34.9 Å². The minimum absolute atomic E-state index is 0.000514. The zero-order valence-corrected chi connectivity index (χ0v) is 32.2. The quantitative estimate of drug-likeness (QED) is 0.171. The van der Waals surface area contributed by atoms with Crippen LogP contribution in [-0.2, 0) is 5.41 Å². The molecule has 0 spiro atoms. The minimum atomic E-state index is 0.000514. The van der Waals surface area contributed by atoms with Crippen LogP contribution in [0.25, 0.3) is 39.0 Å². The number of anilines is 2. The van der Waals surface area contributed by atoms with Crippen LogP contribution < -0.4 is 4.90 Å². The van der Waals surface area contributed by atoms with Crippen molar-refractivity contribution in [3.05, 3.63) is 191 Å². The molecule has 0 radical (unpaired) electrons. The molecule has 3 atom stereocenters. The zero-order chi connectivity index (χ0) is 37.3. The zero-order valence-electron chi connectivity index (χ0n) is 32.2. The van der Waals surface area contributed by atoms with Crippen molar-refractivity contribution in [3.8, 4) is 16.8 Å². The fourth-order valence-corrected chi connectivity index (χ4v) is 10.1. The Labute approximate surface area is 325 Å². The average Bonchev–Trinajstić information content (AvgIpc) is 3.71. The third kappa shape index (κ3) is 5.51. The SMILES string of the molecule is CC1CC2=C(c3ccc(N(c4ccc(-c5ccccc5)cc4)C4CC=C(c5nc6ccccc6n5-c5ccccc5)c5ccccc54)cc3C2(C)C)C(C)C1. The van der Waals surface area contributed by atoms with Crippen LogP contribution in [0.1, 0.15) is 81.1 Å². The molecule has 1 aromatic heterocycles. The lowest BCUT2D eigenvalue weighted by atomic mass is 9.72. The molecule has 270 valence electrons. The molecule has 3 aliphatic carbocycles. The number of hydrogen-bond donors (Lipinski definition) is 0. The molecular formula is C52H47N3. The second-order valence-electron chi connectivity index (χ2n) is 16.5. The third-order valence-corrected chi connectivity index (χ3v) is 12.7. The number of rotatable bonds is 6. The molecule has 10 rings (SSSR count). The van der Waals surface area contributed by atoms with Crippen LogP contribution in [0, 0.1) is 11.8 Å². The van der Waals surface area contributed by atoms with E-state index in [1.807, 2.05) is 0 Å². The van der Waals surface area contributed by atoms with Crippen LogP contribution in [0.15, 0.2) is 163 Å². The molecule has 3 heteroatoms. The Balaban J connectivity index is 1.12. The van der Waals surface area contributed by atoms with Gasteiger partial charge in [0.25, 0.3) is 0 Å². The molecule has 0 saturated heterocycles. The molecule has 0 fully saturated rings. The van der Waals surface area contributed by atoms with Gasteiger partial charge in [0.05, 0.1) is 17.1 Å². The maximum Gasteiger partial charge on any atom is 0.146 e. The fraction of sp³-hybridized carbons (Fsp3) is 0.212. The highest BCUT2D eigenvalue weighted by Crippen LogP contribution is 2.56. The smallest absolute Gasteiger partial charge is 0.146 e. The lowest BCUT2D eigenvalue weighted by Crippen LogP contribution is -2.27. The van der Waals surface area contributed by atoms with E-state index in [9.17, 15) is 0 Å². The number of fused-ring (bicyclic) bond motifs is 4. The van der Waals surface area contributed by atoms with Crippen molar-refractivity contribution < 1.29 is 0 Å². The van der Waals surface area contributed by atoms with Gasteiger partial charge in [-0.25, -0.2) is 4.98 Å². The van der Waals surface area contributed by atoms with Crippen molar-refractivity contribution in [1.29, 1.82) is 0 Å². The van der Waals surface area contributed by atoms with E-state index in [-0.39, 0.29) is 11.5 Å². The molecule has 3 unspecified atom stereocenters.